The smallest absolute Gasteiger partial charge is 0.163 e. The van der Waals surface area contributed by atoms with Crippen LogP contribution in [0.15, 0.2) is 54.6 Å². The molecule has 1 aliphatic rings. The zero-order valence-corrected chi connectivity index (χ0v) is 18.5. The molecule has 29 heavy (non-hydrogen) atoms. The Morgan fingerprint density at radius 1 is 0.897 bits per heavy atom. The molecule has 0 bridgehead atoms. The highest BCUT2D eigenvalue weighted by Crippen LogP contribution is 2.45. The maximum atomic E-state index is 12.6. The molecule has 1 aliphatic carbocycles. The van der Waals surface area contributed by atoms with Gasteiger partial charge in [-0.15, -0.1) is 0 Å². The monoisotopic (exact) mass is 390 g/mol. The predicted octanol–water partition coefficient (Wildman–Crippen LogP) is 7.92. The van der Waals surface area contributed by atoms with Gasteiger partial charge in [0.15, 0.2) is 5.78 Å². The summed E-state index contributed by atoms with van der Waals surface area (Å²) in [4.78, 5) is 12.6. The molecule has 1 nitrogen and oxygen atoms in total. The van der Waals surface area contributed by atoms with Crippen LogP contribution in [0.3, 0.4) is 0 Å². The summed E-state index contributed by atoms with van der Waals surface area (Å²) in [6.07, 6.45) is 13.1. The zero-order chi connectivity index (χ0) is 20.5. The lowest BCUT2D eigenvalue weighted by Gasteiger charge is -2.41. The SMILES string of the molecule is CCCCCc1ccc([C@]2(CCC)CC[C@H](CC(=O)c3ccccc3)CC2)cc1. The highest BCUT2D eigenvalue weighted by atomic mass is 16.1. The number of ketones is 1. The highest BCUT2D eigenvalue weighted by Gasteiger charge is 2.36. The summed E-state index contributed by atoms with van der Waals surface area (Å²) in [5, 5.41) is 0. The Kier molecular flexibility index (Phi) is 8.09. The number of benzene rings is 2. The van der Waals surface area contributed by atoms with Gasteiger partial charge < -0.3 is 0 Å². The topological polar surface area (TPSA) is 17.1 Å². The van der Waals surface area contributed by atoms with Gasteiger partial charge in [0, 0.05) is 12.0 Å². The number of carbonyl (C=O) groups is 1. The number of hydrogen-bond donors (Lipinski definition) is 0. The highest BCUT2D eigenvalue weighted by molar-refractivity contribution is 5.96. The summed E-state index contributed by atoms with van der Waals surface area (Å²) in [6.45, 7) is 4.58. The quantitative estimate of drug-likeness (QED) is 0.297. The van der Waals surface area contributed by atoms with Crippen molar-refractivity contribution in [1.29, 1.82) is 0 Å². The first kappa shape index (κ1) is 21.8. The first-order valence-corrected chi connectivity index (χ1v) is 11.8. The third-order valence-electron chi connectivity index (χ3n) is 7.00. The molecule has 0 N–H and O–H groups in total. The zero-order valence-electron chi connectivity index (χ0n) is 18.5. The molecule has 1 saturated carbocycles. The van der Waals surface area contributed by atoms with Gasteiger partial charge in [0.25, 0.3) is 0 Å². The Balaban J connectivity index is 1.61. The maximum Gasteiger partial charge on any atom is 0.163 e. The van der Waals surface area contributed by atoms with Crippen molar-refractivity contribution in [1.82, 2.24) is 0 Å². The fraction of sp³-hybridized carbons (Fsp3) is 0.536. The Bertz CT molecular complexity index is 736. The van der Waals surface area contributed by atoms with E-state index in [0.717, 1.165) is 5.56 Å². The van der Waals surface area contributed by atoms with Crippen molar-refractivity contribution in [2.45, 2.75) is 89.9 Å². The summed E-state index contributed by atoms with van der Waals surface area (Å²) in [6, 6.07) is 19.4. The summed E-state index contributed by atoms with van der Waals surface area (Å²) >= 11 is 0. The van der Waals surface area contributed by atoms with Gasteiger partial charge in [-0.1, -0.05) is 87.7 Å². The van der Waals surface area contributed by atoms with Crippen molar-refractivity contribution in [3.8, 4) is 0 Å². The fourth-order valence-corrected chi connectivity index (χ4v) is 5.20. The van der Waals surface area contributed by atoms with Crippen molar-refractivity contribution in [3.05, 3.63) is 71.3 Å². The second-order valence-electron chi connectivity index (χ2n) is 9.12. The minimum atomic E-state index is 0.315. The summed E-state index contributed by atoms with van der Waals surface area (Å²) in [5.41, 5.74) is 4.21. The lowest BCUT2D eigenvalue weighted by molar-refractivity contribution is 0.0934. The van der Waals surface area contributed by atoms with E-state index in [2.05, 4.69) is 38.1 Å². The number of hydrogen-bond acceptors (Lipinski definition) is 1. The molecule has 0 atom stereocenters. The molecule has 3 rings (SSSR count). The van der Waals surface area contributed by atoms with Crippen LogP contribution >= 0.6 is 0 Å². The normalized spacial score (nSPS) is 21.8. The van der Waals surface area contributed by atoms with Gasteiger partial charge in [0.05, 0.1) is 0 Å². The largest absolute Gasteiger partial charge is 0.294 e. The van der Waals surface area contributed by atoms with E-state index in [1.807, 2.05) is 30.3 Å². The summed E-state index contributed by atoms with van der Waals surface area (Å²) < 4.78 is 0. The van der Waals surface area contributed by atoms with Gasteiger partial charge in [0.1, 0.15) is 0 Å². The van der Waals surface area contributed by atoms with Gasteiger partial charge in [-0.2, -0.15) is 0 Å². The Hall–Kier alpha value is -1.89. The number of aryl methyl sites for hydroxylation is 1. The molecule has 1 heteroatoms. The molecule has 0 radical (unpaired) electrons. The van der Waals surface area contributed by atoms with Gasteiger partial charge in [0.2, 0.25) is 0 Å². The minimum absolute atomic E-state index is 0.315. The number of carbonyl (C=O) groups excluding carboxylic acids is 1. The first-order valence-electron chi connectivity index (χ1n) is 11.8. The molecule has 0 aliphatic heterocycles. The van der Waals surface area contributed by atoms with Crippen LogP contribution in [-0.4, -0.2) is 5.78 Å². The molecule has 2 aromatic carbocycles. The van der Waals surface area contributed by atoms with E-state index in [1.54, 1.807) is 0 Å². The van der Waals surface area contributed by atoms with Crippen LogP contribution in [0.25, 0.3) is 0 Å². The third-order valence-corrected chi connectivity index (χ3v) is 7.00. The van der Waals surface area contributed by atoms with Crippen molar-refractivity contribution >= 4 is 5.78 Å². The van der Waals surface area contributed by atoms with Crippen molar-refractivity contribution in [2.75, 3.05) is 0 Å². The Labute approximate surface area is 177 Å². The van der Waals surface area contributed by atoms with Crippen molar-refractivity contribution in [3.63, 3.8) is 0 Å². The molecule has 2 aromatic rings. The average Bonchev–Trinajstić information content (AvgIpc) is 2.77. The van der Waals surface area contributed by atoms with Crippen LogP contribution in [0.4, 0.5) is 0 Å². The maximum absolute atomic E-state index is 12.6. The second kappa shape index (κ2) is 10.8. The standard InChI is InChI=1S/C28H38O/c1-3-5-7-10-23-13-15-26(16-14-23)28(19-4-2)20-17-24(18-21-28)22-27(29)25-11-8-6-9-12-25/h6,8-9,11-16,24H,3-5,7,10,17-22H2,1-2H3/t24-,28+. The predicted molar refractivity (Wildman–Crippen MR) is 124 cm³/mol. The fourth-order valence-electron chi connectivity index (χ4n) is 5.20. The Morgan fingerprint density at radius 2 is 1.59 bits per heavy atom. The molecule has 0 unspecified atom stereocenters. The van der Waals surface area contributed by atoms with E-state index in [9.17, 15) is 4.79 Å². The molecule has 0 aromatic heterocycles. The average molecular weight is 391 g/mol. The number of unbranched alkanes of at least 4 members (excludes halogenated alkanes) is 2. The lowest BCUT2D eigenvalue weighted by atomic mass is 9.64. The van der Waals surface area contributed by atoms with Crippen LogP contribution in [-0.2, 0) is 11.8 Å². The number of Topliss-reactive ketones (excluding diaryl/α,β-unsaturated/α-hetero) is 1. The molecule has 1 fully saturated rings. The van der Waals surface area contributed by atoms with Crippen LogP contribution in [0.1, 0.15) is 99.5 Å². The molecule has 0 amide bonds. The Morgan fingerprint density at radius 3 is 2.21 bits per heavy atom. The van der Waals surface area contributed by atoms with Crippen LogP contribution in [0, 0.1) is 5.92 Å². The van der Waals surface area contributed by atoms with E-state index in [4.69, 9.17) is 0 Å². The molecular formula is C28H38O. The molecule has 0 spiro atoms. The van der Waals surface area contributed by atoms with E-state index in [1.165, 1.54) is 75.3 Å². The molecule has 0 heterocycles. The molecular weight excluding hydrogens is 352 g/mol. The number of rotatable bonds is 10. The van der Waals surface area contributed by atoms with E-state index in [-0.39, 0.29) is 0 Å². The third kappa shape index (κ3) is 5.81. The summed E-state index contributed by atoms with van der Waals surface area (Å²) in [5.74, 6) is 0.857. The van der Waals surface area contributed by atoms with Crippen molar-refractivity contribution in [2.24, 2.45) is 5.92 Å². The first-order chi connectivity index (χ1) is 14.2. The van der Waals surface area contributed by atoms with Gasteiger partial charge in [-0.3, -0.25) is 4.79 Å². The molecule has 156 valence electrons. The van der Waals surface area contributed by atoms with Gasteiger partial charge in [-0.05, 0) is 67.4 Å². The van der Waals surface area contributed by atoms with Gasteiger partial charge in [-0.25, -0.2) is 0 Å². The van der Waals surface area contributed by atoms with Crippen LogP contribution in [0.2, 0.25) is 0 Å². The van der Waals surface area contributed by atoms with Crippen molar-refractivity contribution < 1.29 is 4.79 Å². The van der Waals surface area contributed by atoms with E-state index < -0.39 is 0 Å². The van der Waals surface area contributed by atoms with Gasteiger partial charge >= 0.3 is 0 Å². The van der Waals surface area contributed by atoms with E-state index in [0.29, 0.717) is 23.5 Å². The second-order valence-corrected chi connectivity index (χ2v) is 9.12. The lowest BCUT2D eigenvalue weighted by Crippen LogP contribution is -2.32. The van der Waals surface area contributed by atoms with Crippen LogP contribution in [0.5, 0.6) is 0 Å². The summed E-state index contributed by atoms with van der Waals surface area (Å²) in [7, 11) is 0. The molecule has 0 saturated heterocycles. The van der Waals surface area contributed by atoms with Crippen LogP contribution < -0.4 is 0 Å². The van der Waals surface area contributed by atoms with E-state index >= 15 is 0 Å². The minimum Gasteiger partial charge on any atom is -0.294 e.